The van der Waals surface area contributed by atoms with Crippen LogP contribution in [0.2, 0.25) is 0 Å². The number of aryl methyl sites for hydroxylation is 1. The second kappa shape index (κ2) is 3.58. The van der Waals surface area contributed by atoms with Crippen molar-refractivity contribution < 1.29 is 0 Å². The van der Waals surface area contributed by atoms with Crippen LogP contribution in [0, 0.1) is 6.92 Å². The van der Waals surface area contributed by atoms with E-state index in [2.05, 4.69) is 49.3 Å². The summed E-state index contributed by atoms with van der Waals surface area (Å²) in [7, 11) is 0. The number of aromatic nitrogens is 1. The quantitative estimate of drug-likeness (QED) is 0.814. The zero-order valence-corrected chi connectivity index (χ0v) is 9.48. The van der Waals surface area contributed by atoms with Crippen molar-refractivity contribution >= 4 is 26.7 Å². The molecule has 0 amide bonds. The summed E-state index contributed by atoms with van der Waals surface area (Å²) in [5.41, 5.74) is 2.37. The SMILES string of the molecule is Cc1cccc2sc(NC(C)C)nc12. The van der Waals surface area contributed by atoms with Gasteiger partial charge in [0.05, 0.1) is 10.2 Å². The van der Waals surface area contributed by atoms with Crippen LogP contribution in [0.3, 0.4) is 0 Å². The molecule has 0 saturated carbocycles. The minimum Gasteiger partial charge on any atom is -0.359 e. The number of nitrogens with zero attached hydrogens (tertiary/aromatic N) is 1. The maximum Gasteiger partial charge on any atom is 0.183 e. The molecule has 2 nitrogen and oxygen atoms in total. The lowest BCUT2D eigenvalue weighted by Gasteiger charge is -2.03. The van der Waals surface area contributed by atoms with Crippen molar-refractivity contribution in [2.24, 2.45) is 0 Å². The summed E-state index contributed by atoms with van der Waals surface area (Å²) < 4.78 is 1.26. The van der Waals surface area contributed by atoms with Gasteiger partial charge >= 0.3 is 0 Å². The summed E-state index contributed by atoms with van der Waals surface area (Å²) in [6.45, 7) is 6.35. The third kappa shape index (κ3) is 1.73. The molecule has 2 rings (SSSR count). The Hall–Kier alpha value is -1.09. The predicted molar refractivity (Wildman–Crippen MR) is 63.1 cm³/mol. The molecule has 0 fully saturated rings. The first-order chi connectivity index (χ1) is 6.66. The van der Waals surface area contributed by atoms with E-state index in [0.29, 0.717) is 6.04 Å². The molecule has 0 aliphatic heterocycles. The summed E-state index contributed by atoms with van der Waals surface area (Å²) in [6.07, 6.45) is 0. The first-order valence-corrected chi connectivity index (χ1v) is 5.61. The summed E-state index contributed by atoms with van der Waals surface area (Å²) in [5.74, 6) is 0. The number of thiazole rings is 1. The zero-order chi connectivity index (χ0) is 10.1. The number of nitrogens with one attached hydrogen (secondary N) is 1. The normalized spacial score (nSPS) is 11.1. The molecule has 1 aromatic heterocycles. The van der Waals surface area contributed by atoms with E-state index in [1.165, 1.54) is 10.3 Å². The maximum atomic E-state index is 4.56. The van der Waals surface area contributed by atoms with E-state index in [0.717, 1.165) is 10.6 Å². The van der Waals surface area contributed by atoms with E-state index in [1.807, 2.05) is 0 Å². The number of fused-ring (bicyclic) bond motifs is 1. The van der Waals surface area contributed by atoms with Gasteiger partial charge in [-0.2, -0.15) is 0 Å². The first-order valence-electron chi connectivity index (χ1n) is 4.79. The first kappa shape index (κ1) is 9.46. The molecule has 0 aliphatic carbocycles. The van der Waals surface area contributed by atoms with Gasteiger partial charge in [-0.15, -0.1) is 0 Å². The molecular weight excluding hydrogens is 192 g/mol. The van der Waals surface area contributed by atoms with Crippen LogP contribution < -0.4 is 5.32 Å². The van der Waals surface area contributed by atoms with Crippen molar-refractivity contribution in [2.75, 3.05) is 5.32 Å². The monoisotopic (exact) mass is 206 g/mol. The highest BCUT2D eigenvalue weighted by Crippen LogP contribution is 2.27. The van der Waals surface area contributed by atoms with E-state index < -0.39 is 0 Å². The van der Waals surface area contributed by atoms with Gasteiger partial charge in [0, 0.05) is 6.04 Å². The summed E-state index contributed by atoms with van der Waals surface area (Å²) >= 11 is 1.72. The third-order valence-corrected chi connectivity index (χ3v) is 2.98. The van der Waals surface area contributed by atoms with Gasteiger partial charge in [0.2, 0.25) is 0 Å². The Morgan fingerprint density at radius 3 is 2.79 bits per heavy atom. The van der Waals surface area contributed by atoms with Crippen molar-refractivity contribution in [3.63, 3.8) is 0 Å². The minimum atomic E-state index is 0.441. The lowest BCUT2D eigenvalue weighted by atomic mass is 10.2. The molecule has 1 heterocycles. The van der Waals surface area contributed by atoms with Crippen LogP contribution in [0.25, 0.3) is 10.2 Å². The van der Waals surface area contributed by atoms with E-state index in [4.69, 9.17) is 0 Å². The molecule has 1 aromatic carbocycles. The molecule has 2 aromatic rings. The van der Waals surface area contributed by atoms with Gasteiger partial charge in [0.1, 0.15) is 0 Å². The molecule has 3 heteroatoms. The fourth-order valence-corrected chi connectivity index (χ4v) is 2.48. The molecular formula is C11H14N2S. The van der Waals surface area contributed by atoms with Crippen molar-refractivity contribution in [3.05, 3.63) is 23.8 Å². The summed E-state index contributed by atoms with van der Waals surface area (Å²) in [4.78, 5) is 4.56. The van der Waals surface area contributed by atoms with E-state index in [9.17, 15) is 0 Å². The molecule has 14 heavy (non-hydrogen) atoms. The maximum absolute atomic E-state index is 4.56. The van der Waals surface area contributed by atoms with Gasteiger partial charge in [-0.25, -0.2) is 4.98 Å². The highest BCUT2D eigenvalue weighted by Gasteiger charge is 2.05. The van der Waals surface area contributed by atoms with Crippen LogP contribution in [-0.2, 0) is 0 Å². The van der Waals surface area contributed by atoms with Gasteiger partial charge in [-0.05, 0) is 32.4 Å². The van der Waals surface area contributed by atoms with Crippen molar-refractivity contribution in [1.82, 2.24) is 4.98 Å². The Balaban J connectivity index is 2.46. The largest absolute Gasteiger partial charge is 0.359 e. The fourth-order valence-electron chi connectivity index (χ4n) is 1.39. The molecule has 0 unspecified atom stereocenters. The lowest BCUT2D eigenvalue weighted by Crippen LogP contribution is -2.08. The van der Waals surface area contributed by atoms with Gasteiger partial charge in [-0.1, -0.05) is 23.5 Å². The molecule has 0 atom stereocenters. The van der Waals surface area contributed by atoms with Crippen LogP contribution in [0.1, 0.15) is 19.4 Å². The summed E-state index contributed by atoms with van der Waals surface area (Å²) in [5, 5.41) is 4.35. The van der Waals surface area contributed by atoms with Gasteiger partial charge < -0.3 is 5.32 Å². The molecule has 0 bridgehead atoms. The molecule has 1 N–H and O–H groups in total. The molecule has 0 spiro atoms. The lowest BCUT2D eigenvalue weighted by molar-refractivity contribution is 0.897. The molecule has 0 saturated heterocycles. The Labute approximate surface area is 88.0 Å². The Morgan fingerprint density at radius 2 is 2.14 bits per heavy atom. The highest BCUT2D eigenvalue weighted by atomic mass is 32.1. The van der Waals surface area contributed by atoms with Crippen LogP contribution in [0.4, 0.5) is 5.13 Å². The third-order valence-electron chi connectivity index (χ3n) is 2.03. The van der Waals surface area contributed by atoms with Crippen LogP contribution in [-0.4, -0.2) is 11.0 Å². The topological polar surface area (TPSA) is 24.9 Å². The second-order valence-electron chi connectivity index (χ2n) is 3.74. The fraction of sp³-hybridized carbons (Fsp3) is 0.364. The minimum absolute atomic E-state index is 0.441. The average molecular weight is 206 g/mol. The molecule has 74 valence electrons. The summed E-state index contributed by atoms with van der Waals surface area (Å²) in [6, 6.07) is 6.73. The van der Waals surface area contributed by atoms with Gasteiger partial charge in [0.15, 0.2) is 5.13 Å². The second-order valence-corrected chi connectivity index (χ2v) is 4.77. The average Bonchev–Trinajstić information content (AvgIpc) is 2.47. The zero-order valence-electron chi connectivity index (χ0n) is 8.66. The molecule has 0 radical (unpaired) electrons. The number of para-hydroxylation sites is 1. The van der Waals surface area contributed by atoms with Crippen molar-refractivity contribution in [3.8, 4) is 0 Å². The number of benzene rings is 1. The van der Waals surface area contributed by atoms with Crippen LogP contribution >= 0.6 is 11.3 Å². The van der Waals surface area contributed by atoms with E-state index in [-0.39, 0.29) is 0 Å². The number of hydrogen-bond acceptors (Lipinski definition) is 3. The van der Waals surface area contributed by atoms with Gasteiger partial charge in [-0.3, -0.25) is 0 Å². The predicted octanol–water partition coefficient (Wildman–Crippen LogP) is 3.43. The van der Waals surface area contributed by atoms with Crippen molar-refractivity contribution in [2.45, 2.75) is 26.8 Å². The Bertz CT molecular complexity index is 445. The number of anilines is 1. The number of rotatable bonds is 2. The number of hydrogen-bond donors (Lipinski definition) is 1. The Morgan fingerprint density at radius 1 is 1.36 bits per heavy atom. The standard InChI is InChI=1S/C11H14N2S/c1-7(2)12-11-13-10-8(3)5-4-6-9(10)14-11/h4-7H,1-3H3,(H,12,13). The van der Waals surface area contributed by atoms with Crippen molar-refractivity contribution in [1.29, 1.82) is 0 Å². The highest BCUT2D eigenvalue weighted by molar-refractivity contribution is 7.22. The Kier molecular flexibility index (Phi) is 2.42. The smallest absolute Gasteiger partial charge is 0.183 e. The van der Waals surface area contributed by atoms with Crippen LogP contribution in [0.15, 0.2) is 18.2 Å². The van der Waals surface area contributed by atoms with Crippen LogP contribution in [0.5, 0.6) is 0 Å². The van der Waals surface area contributed by atoms with Gasteiger partial charge in [0.25, 0.3) is 0 Å². The van der Waals surface area contributed by atoms with E-state index >= 15 is 0 Å². The molecule has 0 aliphatic rings. The van der Waals surface area contributed by atoms with E-state index in [1.54, 1.807) is 11.3 Å².